The molecule has 1 heterocycles. The van der Waals surface area contributed by atoms with Gasteiger partial charge in [-0.15, -0.1) is 0 Å². The number of nitrogens with zero attached hydrogens (tertiary/aromatic N) is 1. The summed E-state index contributed by atoms with van der Waals surface area (Å²) in [5.41, 5.74) is 0.949. The third-order valence-corrected chi connectivity index (χ3v) is 3.82. The molecule has 1 N–H and O–H groups in total. The largest absolute Gasteiger partial charge is 0.345 e. The van der Waals surface area contributed by atoms with Gasteiger partial charge in [-0.1, -0.05) is 26.0 Å². The van der Waals surface area contributed by atoms with Crippen molar-refractivity contribution < 1.29 is 14.0 Å². The summed E-state index contributed by atoms with van der Waals surface area (Å²) in [6, 6.07) is 5.69. The summed E-state index contributed by atoms with van der Waals surface area (Å²) in [7, 11) is 0. The number of rotatable bonds is 4. The van der Waals surface area contributed by atoms with Gasteiger partial charge in [-0.05, 0) is 37.0 Å². The van der Waals surface area contributed by atoms with Crippen molar-refractivity contribution >= 4 is 11.8 Å². The Morgan fingerprint density at radius 2 is 1.86 bits per heavy atom. The highest BCUT2D eigenvalue weighted by atomic mass is 19.1. The molecule has 0 aromatic heterocycles. The lowest BCUT2D eigenvalue weighted by atomic mass is 9.95. The van der Waals surface area contributed by atoms with Gasteiger partial charge >= 0.3 is 0 Å². The number of halogens is 1. The molecule has 2 rings (SSSR count). The molecule has 2 amide bonds. The van der Waals surface area contributed by atoms with Crippen LogP contribution in [0.2, 0.25) is 0 Å². The van der Waals surface area contributed by atoms with E-state index in [-0.39, 0.29) is 36.1 Å². The molecule has 4 nitrogen and oxygen atoms in total. The van der Waals surface area contributed by atoms with Gasteiger partial charge in [-0.2, -0.15) is 0 Å². The van der Waals surface area contributed by atoms with Crippen molar-refractivity contribution in [3.05, 3.63) is 35.6 Å². The first kappa shape index (κ1) is 15.5. The zero-order valence-corrected chi connectivity index (χ0v) is 12.6. The number of nitrogens with one attached hydrogen (secondary N) is 1. The van der Waals surface area contributed by atoms with E-state index in [9.17, 15) is 14.0 Å². The Morgan fingerprint density at radius 3 is 2.43 bits per heavy atom. The second-order valence-corrected chi connectivity index (χ2v) is 5.89. The fraction of sp³-hybridized carbons (Fsp3) is 0.500. The molecule has 0 bridgehead atoms. The molecule has 5 heteroatoms. The van der Waals surface area contributed by atoms with Crippen LogP contribution in [0.3, 0.4) is 0 Å². The fourth-order valence-electron chi connectivity index (χ4n) is 2.84. The molecule has 1 aromatic rings. The summed E-state index contributed by atoms with van der Waals surface area (Å²) in [6.45, 7) is 5.84. The normalized spacial score (nSPS) is 20.6. The van der Waals surface area contributed by atoms with Crippen LogP contribution in [0.5, 0.6) is 0 Å². The van der Waals surface area contributed by atoms with E-state index in [1.54, 1.807) is 17.0 Å². The number of benzene rings is 1. The number of hydrogen-bond acceptors (Lipinski definition) is 2. The molecule has 1 aliphatic heterocycles. The van der Waals surface area contributed by atoms with Gasteiger partial charge in [-0.25, -0.2) is 4.39 Å². The Balaban J connectivity index is 2.17. The van der Waals surface area contributed by atoms with Crippen molar-refractivity contribution in [3.8, 4) is 0 Å². The first-order valence-corrected chi connectivity index (χ1v) is 7.23. The van der Waals surface area contributed by atoms with Crippen molar-refractivity contribution in [2.24, 2.45) is 5.92 Å². The van der Waals surface area contributed by atoms with Gasteiger partial charge in [0.05, 0.1) is 6.54 Å². The monoisotopic (exact) mass is 292 g/mol. The van der Waals surface area contributed by atoms with E-state index in [2.05, 4.69) is 5.32 Å². The molecular weight excluding hydrogens is 271 g/mol. The van der Waals surface area contributed by atoms with Crippen molar-refractivity contribution in [2.75, 3.05) is 6.54 Å². The van der Waals surface area contributed by atoms with Crippen LogP contribution in [-0.4, -0.2) is 35.3 Å². The number of carbonyl (C=O) groups is 2. The van der Waals surface area contributed by atoms with Crippen LogP contribution < -0.4 is 5.32 Å². The number of amides is 2. The Labute approximate surface area is 124 Å². The maximum Gasteiger partial charge on any atom is 0.243 e. The smallest absolute Gasteiger partial charge is 0.243 e. The van der Waals surface area contributed by atoms with Crippen LogP contribution in [0.15, 0.2) is 24.3 Å². The Kier molecular flexibility index (Phi) is 4.60. The highest BCUT2D eigenvalue weighted by molar-refractivity contribution is 5.95. The molecule has 1 fully saturated rings. The fourth-order valence-corrected chi connectivity index (χ4v) is 2.84. The molecule has 1 saturated heterocycles. The number of piperazine rings is 1. The number of hydrogen-bond donors (Lipinski definition) is 1. The summed E-state index contributed by atoms with van der Waals surface area (Å²) in [5.74, 6) is -0.400. The summed E-state index contributed by atoms with van der Waals surface area (Å²) in [5, 5.41) is 2.64. The van der Waals surface area contributed by atoms with Crippen molar-refractivity contribution in [1.29, 1.82) is 0 Å². The van der Waals surface area contributed by atoms with Gasteiger partial charge in [-0.3, -0.25) is 9.59 Å². The van der Waals surface area contributed by atoms with E-state index in [0.29, 0.717) is 6.42 Å². The van der Waals surface area contributed by atoms with Gasteiger partial charge in [0.15, 0.2) is 0 Å². The van der Waals surface area contributed by atoms with Crippen molar-refractivity contribution in [2.45, 2.75) is 39.3 Å². The van der Waals surface area contributed by atoms with Crippen molar-refractivity contribution in [1.82, 2.24) is 10.2 Å². The highest BCUT2D eigenvalue weighted by Gasteiger charge is 2.38. The minimum absolute atomic E-state index is 0.0462. The van der Waals surface area contributed by atoms with E-state index >= 15 is 0 Å². The van der Waals surface area contributed by atoms with Gasteiger partial charge in [0, 0.05) is 6.04 Å². The molecule has 0 aliphatic carbocycles. The molecule has 2 atom stereocenters. The maximum atomic E-state index is 12.9. The second-order valence-electron chi connectivity index (χ2n) is 5.89. The lowest BCUT2D eigenvalue weighted by Gasteiger charge is -2.41. The highest BCUT2D eigenvalue weighted by Crippen LogP contribution is 2.20. The molecular formula is C16H21FN2O2. The van der Waals surface area contributed by atoms with Gasteiger partial charge < -0.3 is 10.2 Å². The van der Waals surface area contributed by atoms with Crippen LogP contribution in [0.4, 0.5) is 4.39 Å². The average Bonchev–Trinajstić information content (AvgIpc) is 2.43. The molecule has 114 valence electrons. The summed E-state index contributed by atoms with van der Waals surface area (Å²) in [6.07, 6.45) is 0.600. The minimum atomic E-state index is -0.443. The lowest BCUT2D eigenvalue weighted by Crippen LogP contribution is -2.63. The van der Waals surface area contributed by atoms with Gasteiger partial charge in [0.1, 0.15) is 11.9 Å². The molecule has 1 aliphatic rings. The second kappa shape index (κ2) is 6.24. The SMILES string of the molecule is CC(C)C1C(=O)NCC(=O)N1C(C)Cc1ccc(F)cc1. The molecule has 0 radical (unpaired) electrons. The quantitative estimate of drug-likeness (QED) is 0.919. The Hall–Kier alpha value is -1.91. The predicted molar refractivity (Wildman–Crippen MR) is 78.0 cm³/mol. The summed E-state index contributed by atoms with van der Waals surface area (Å²) in [4.78, 5) is 25.9. The van der Waals surface area contributed by atoms with Crippen molar-refractivity contribution in [3.63, 3.8) is 0 Å². The zero-order valence-electron chi connectivity index (χ0n) is 12.6. The predicted octanol–water partition coefficient (Wildman–Crippen LogP) is 1.74. The maximum absolute atomic E-state index is 12.9. The van der Waals surface area contributed by atoms with Gasteiger partial charge in [0.25, 0.3) is 0 Å². The first-order valence-electron chi connectivity index (χ1n) is 7.23. The topological polar surface area (TPSA) is 49.4 Å². The van der Waals surface area contributed by atoms with E-state index in [0.717, 1.165) is 5.56 Å². The molecule has 2 unspecified atom stereocenters. The zero-order chi connectivity index (χ0) is 15.6. The Morgan fingerprint density at radius 1 is 1.24 bits per heavy atom. The van der Waals surface area contributed by atoms with Crippen LogP contribution in [0, 0.1) is 11.7 Å². The van der Waals surface area contributed by atoms with E-state index in [1.807, 2.05) is 20.8 Å². The first-order chi connectivity index (χ1) is 9.90. The molecule has 21 heavy (non-hydrogen) atoms. The van der Waals surface area contributed by atoms with E-state index in [4.69, 9.17) is 0 Å². The van der Waals surface area contributed by atoms with Crippen LogP contribution in [0.25, 0.3) is 0 Å². The van der Waals surface area contributed by atoms with Crippen LogP contribution >= 0.6 is 0 Å². The standard InChI is InChI=1S/C16H21FN2O2/c1-10(2)15-16(21)18-9-14(20)19(15)11(3)8-12-4-6-13(17)7-5-12/h4-7,10-11,15H,8-9H2,1-3H3,(H,18,21). The van der Waals surface area contributed by atoms with Crippen LogP contribution in [0.1, 0.15) is 26.3 Å². The van der Waals surface area contributed by atoms with Gasteiger partial charge in [0.2, 0.25) is 11.8 Å². The summed E-state index contributed by atoms with van der Waals surface area (Å²) < 4.78 is 12.9. The minimum Gasteiger partial charge on any atom is -0.345 e. The molecule has 0 spiro atoms. The Bertz CT molecular complexity index is 528. The molecule has 0 saturated carbocycles. The molecule has 1 aromatic carbocycles. The third kappa shape index (κ3) is 3.40. The summed E-state index contributed by atoms with van der Waals surface area (Å²) >= 11 is 0. The lowest BCUT2D eigenvalue weighted by molar-refractivity contribution is -0.149. The van der Waals surface area contributed by atoms with E-state index in [1.165, 1.54) is 12.1 Å². The van der Waals surface area contributed by atoms with E-state index < -0.39 is 6.04 Å². The van der Waals surface area contributed by atoms with Crippen LogP contribution in [-0.2, 0) is 16.0 Å². The third-order valence-electron chi connectivity index (χ3n) is 3.82. The average molecular weight is 292 g/mol. The number of carbonyl (C=O) groups excluding carboxylic acids is 2.